The molecule has 0 radical (unpaired) electrons. The van der Waals surface area contributed by atoms with Crippen LogP contribution >= 0.6 is 7.82 Å². The Morgan fingerprint density at radius 2 is 1.60 bits per heavy atom. The Morgan fingerprint density at radius 3 is 2.16 bits per heavy atom. The van der Waals surface area contributed by atoms with Crippen LogP contribution in [0.3, 0.4) is 0 Å². The summed E-state index contributed by atoms with van der Waals surface area (Å²) in [5, 5.41) is 36.3. The summed E-state index contributed by atoms with van der Waals surface area (Å²) in [6.07, 6.45) is 19.0. The van der Waals surface area contributed by atoms with Gasteiger partial charge in [0.15, 0.2) is 11.4 Å². The van der Waals surface area contributed by atoms with E-state index in [1.807, 2.05) is 0 Å². The molecule has 57 heavy (non-hydrogen) atoms. The summed E-state index contributed by atoms with van der Waals surface area (Å²) in [6.45, 7) is 3.69. The van der Waals surface area contributed by atoms with Gasteiger partial charge in [0.2, 0.25) is 0 Å². The number of anilines is 1. The molecule has 2 aliphatic rings. The van der Waals surface area contributed by atoms with Crippen LogP contribution in [-0.4, -0.2) is 72.9 Å². The van der Waals surface area contributed by atoms with Gasteiger partial charge in [0.25, 0.3) is 0 Å². The van der Waals surface area contributed by atoms with Crippen LogP contribution in [0.25, 0.3) is 5.52 Å². The fourth-order valence-corrected chi connectivity index (χ4v) is 9.14. The first-order valence-electron chi connectivity index (χ1n) is 21.0. The number of rotatable bonds is 28. The van der Waals surface area contributed by atoms with E-state index in [9.17, 15) is 24.9 Å². The first-order valence-corrected chi connectivity index (χ1v) is 22.5. The molecule has 7 unspecified atom stereocenters. The highest BCUT2D eigenvalue weighted by molar-refractivity contribution is 7.47. The maximum atomic E-state index is 13.3. The van der Waals surface area contributed by atoms with E-state index in [1.54, 1.807) is 30.3 Å². The largest absolute Gasteiger partial charge is 0.495 e. The first-order chi connectivity index (χ1) is 27.5. The second kappa shape index (κ2) is 21.2. The molecule has 3 heterocycles. The van der Waals surface area contributed by atoms with Crippen molar-refractivity contribution in [3.05, 3.63) is 53.5 Å². The number of nitrogen functional groups attached to an aromatic ring is 1. The Balaban J connectivity index is 1.06. The first kappa shape index (κ1) is 45.0. The van der Waals surface area contributed by atoms with Gasteiger partial charge in [-0.3, -0.25) is 9.05 Å². The van der Waals surface area contributed by atoms with Crippen molar-refractivity contribution < 1.29 is 42.9 Å². The molecular weight excluding hydrogens is 749 g/mol. The average molecular weight is 814 g/mol. The van der Waals surface area contributed by atoms with E-state index in [0.29, 0.717) is 28.9 Å². The summed E-state index contributed by atoms with van der Waals surface area (Å²) < 4.78 is 43.3. The lowest BCUT2D eigenvalue weighted by atomic mass is 10.0. The van der Waals surface area contributed by atoms with Gasteiger partial charge in [-0.05, 0) is 43.2 Å². The minimum Gasteiger partial charge on any atom is -0.495 e. The van der Waals surface area contributed by atoms with Gasteiger partial charge in [-0.2, -0.15) is 10.4 Å². The summed E-state index contributed by atoms with van der Waals surface area (Å²) in [5.41, 5.74) is 4.58. The van der Waals surface area contributed by atoms with E-state index in [1.165, 1.54) is 115 Å². The number of unbranched alkanes of at least 4 members (excludes halogenated alkanes) is 16. The SMILES string of the molecule is CCCCCCCCCCCCCCCCCCCC(COP(=O)(O)OC1C2(C)OC(c3ccc4c(N)ncnn34)C(O)C12O)OCc1ccc(C#N)c(OC)c1. The van der Waals surface area contributed by atoms with Gasteiger partial charge in [0, 0.05) is 0 Å². The second-order valence-corrected chi connectivity index (χ2v) is 17.3. The fourth-order valence-electron chi connectivity index (χ4n) is 8.10. The maximum absolute atomic E-state index is 13.3. The molecular formula is C42H64N5O9P. The molecule has 316 valence electrons. The van der Waals surface area contributed by atoms with Crippen molar-refractivity contribution in [3.63, 3.8) is 0 Å². The quantitative estimate of drug-likeness (QED) is 0.0403. The fraction of sp³-hybridized carbons (Fsp3) is 0.690. The number of benzene rings is 1. The zero-order valence-corrected chi connectivity index (χ0v) is 34.9. The standard InChI is InChI=1S/C42H64N5O9P/c1-4-5-6-7-8-9-10-11-12-13-14-15-16-17-18-19-20-21-33(53-28-31-22-23-32(27-43)36(26-31)52-3)29-54-57(50,51)56-40-41(2)42(40,49)38(48)37(55-41)34-24-25-35-39(44)45-30-46-47(34)35/h22-26,30,33,37-38,40,48-49H,4-21,28-29H2,1-3H3,(H,50,51)(H2,44,45,46). The van der Waals surface area contributed by atoms with Crippen LogP contribution in [0.1, 0.15) is 152 Å². The molecule has 14 nitrogen and oxygen atoms in total. The lowest BCUT2D eigenvalue weighted by molar-refractivity contribution is -0.0816. The number of phosphoric ester groups is 1. The Hall–Kier alpha value is -3.12. The van der Waals surface area contributed by atoms with Gasteiger partial charge in [-0.15, -0.1) is 0 Å². The summed E-state index contributed by atoms with van der Waals surface area (Å²) in [5.74, 6) is 0.672. The number of aliphatic hydroxyl groups excluding tert-OH is 1. The lowest BCUT2D eigenvalue weighted by Gasteiger charge is -2.24. The van der Waals surface area contributed by atoms with Crippen LogP contribution in [0.5, 0.6) is 5.75 Å². The predicted molar refractivity (Wildman–Crippen MR) is 216 cm³/mol. The molecule has 1 aromatic carbocycles. The molecule has 7 atom stereocenters. The third-order valence-corrected chi connectivity index (χ3v) is 12.6. The molecule has 0 amide bonds. The number of aliphatic hydroxyl groups is 2. The topological polar surface area (TPSA) is 204 Å². The van der Waals surface area contributed by atoms with Crippen molar-refractivity contribution in [1.82, 2.24) is 14.6 Å². The van der Waals surface area contributed by atoms with Crippen molar-refractivity contribution in [3.8, 4) is 11.8 Å². The maximum Gasteiger partial charge on any atom is 0.472 e. The van der Waals surface area contributed by atoms with Crippen molar-refractivity contribution in [2.24, 2.45) is 0 Å². The predicted octanol–water partition coefficient (Wildman–Crippen LogP) is 8.26. The molecule has 1 aliphatic heterocycles. The number of methoxy groups -OCH3 is 1. The molecule has 0 spiro atoms. The van der Waals surface area contributed by atoms with Crippen LogP contribution in [0, 0.1) is 11.3 Å². The monoisotopic (exact) mass is 813 g/mol. The van der Waals surface area contributed by atoms with Crippen molar-refractivity contribution in [2.45, 2.75) is 172 Å². The van der Waals surface area contributed by atoms with E-state index >= 15 is 0 Å². The minimum absolute atomic E-state index is 0.165. The highest BCUT2D eigenvalue weighted by Crippen LogP contribution is 2.68. The number of nitrogens with two attached hydrogens (primary N) is 1. The molecule has 1 saturated carbocycles. The molecule has 3 aromatic rings. The lowest BCUT2D eigenvalue weighted by Crippen LogP contribution is -2.35. The van der Waals surface area contributed by atoms with Gasteiger partial charge >= 0.3 is 7.82 Å². The summed E-state index contributed by atoms with van der Waals surface area (Å²) in [7, 11) is -3.26. The Kier molecular flexibility index (Phi) is 16.7. The van der Waals surface area contributed by atoms with Gasteiger partial charge in [-0.25, -0.2) is 14.1 Å². The smallest absolute Gasteiger partial charge is 0.472 e. The van der Waals surface area contributed by atoms with Crippen LogP contribution in [0.15, 0.2) is 36.7 Å². The van der Waals surface area contributed by atoms with Gasteiger partial charge in [-0.1, -0.05) is 122 Å². The van der Waals surface area contributed by atoms with E-state index in [4.69, 9.17) is 29.0 Å². The summed E-state index contributed by atoms with van der Waals surface area (Å²) >= 11 is 0. The molecule has 0 bridgehead atoms. The average Bonchev–Trinajstić information content (AvgIpc) is 3.45. The minimum atomic E-state index is -4.76. The van der Waals surface area contributed by atoms with Gasteiger partial charge < -0.3 is 35.1 Å². The number of aromatic nitrogens is 3. The third kappa shape index (κ3) is 11.3. The number of hydrogen-bond acceptors (Lipinski definition) is 12. The summed E-state index contributed by atoms with van der Waals surface area (Å²) in [6, 6.07) is 10.6. The van der Waals surface area contributed by atoms with E-state index in [0.717, 1.165) is 24.8 Å². The number of nitrogens with zero attached hydrogens (tertiary/aromatic N) is 4. The number of hydrogen-bond donors (Lipinski definition) is 4. The van der Waals surface area contributed by atoms with E-state index in [2.05, 4.69) is 23.1 Å². The molecule has 15 heteroatoms. The molecule has 5 rings (SSSR count). The zero-order chi connectivity index (χ0) is 40.9. The Morgan fingerprint density at radius 1 is 0.982 bits per heavy atom. The second-order valence-electron chi connectivity index (χ2n) is 15.9. The third-order valence-electron chi connectivity index (χ3n) is 11.7. The molecule has 2 fully saturated rings. The number of ether oxygens (including phenoxy) is 3. The normalized spacial score (nSPS) is 24.3. The van der Waals surface area contributed by atoms with Crippen LogP contribution < -0.4 is 10.5 Å². The van der Waals surface area contributed by atoms with Crippen LogP contribution in [-0.2, 0) is 29.7 Å². The molecule has 5 N–H and O–H groups in total. The number of nitriles is 1. The van der Waals surface area contributed by atoms with E-state index < -0.39 is 43.4 Å². The highest BCUT2D eigenvalue weighted by Gasteiger charge is 2.87. The number of fused-ring (bicyclic) bond motifs is 2. The van der Waals surface area contributed by atoms with Crippen molar-refractivity contribution in [2.75, 3.05) is 19.5 Å². The van der Waals surface area contributed by atoms with Crippen LogP contribution in [0.2, 0.25) is 0 Å². The van der Waals surface area contributed by atoms with Crippen molar-refractivity contribution >= 4 is 19.2 Å². The van der Waals surface area contributed by atoms with E-state index in [-0.39, 0.29) is 19.0 Å². The summed E-state index contributed by atoms with van der Waals surface area (Å²) in [4.78, 5) is 14.8. The molecule has 1 aliphatic carbocycles. The van der Waals surface area contributed by atoms with Crippen LogP contribution in [0.4, 0.5) is 5.82 Å². The molecule has 2 aromatic heterocycles. The Bertz CT molecular complexity index is 1800. The Labute approximate surface area is 337 Å². The van der Waals surface area contributed by atoms with Gasteiger partial charge in [0.05, 0.1) is 37.7 Å². The number of phosphoric acid groups is 1. The zero-order valence-electron chi connectivity index (χ0n) is 34.0. The highest BCUT2D eigenvalue weighted by atomic mass is 31.2. The molecule has 1 saturated heterocycles. The van der Waals surface area contributed by atoms with Crippen molar-refractivity contribution in [1.29, 1.82) is 5.26 Å². The van der Waals surface area contributed by atoms with Gasteiger partial charge in [0.1, 0.15) is 47.6 Å².